The van der Waals surface area contributed by atoms with Crippen LogP contribution in [0.15, 0.2) is 42.5 Å². The monoisotopic (exact) mass is 283 g/mol. The smallest absolute Gasteiger partial charge is 0.130 e. The zero-order valence-electron chi connectivity index (χ0n) is 13.6. The van der Waals surface area contributed by atoms with Gasteiger partial charge in [0.1, 0.15) is 11.5 Å². The number of rotatable bonds is 3. The van der Waals surface area contributed by atoms with Crippen molar-refractivity contribution in [2.45, 2.75) is 46.1 Å². The van der Waals surface area contributed by atoms with Crippen LogP contribution in [0, 0.1) is 6.92 Å². The minimum absolute atomic E-state index is 0.0120. The van der Waals surface area contributed by atoms with Crippen LogP contribution >= 0.6 is 0 Å². The molecule has 2 rings (SSSR count). The molecule has 0 amide bonds. The Morgan fingerprint density at radius 1 is 1.05 bits per heavy atom. The second-order valence-electron chi connectivity index (χ2n) is 6.69. The molecule has 0 aliphatic rings. The van der Waals surface area contributed by atoms with Crippen molar-refractivity contribution in [1.29, 1.82) is 0 Å². The van der Waals surface area contributed by atoms with Gasteiger partial charge < -0.3 is 10.5 Å². The zero-order valence-corrected chi connectivity index (χ0v) is 13.6. The molecular weight excluding hydrogens is 258 g/mol. The molecule has 0 heterocycles. The lowest BCUT2D eigenvalue weighted by atomic mass is 9.86. The highest BCUT2D eigenvalue weighted by Crippen LogP contribution is 2.31. The van der Waals surface area contributed by atoms with Crippen LogP contribution in [0.2, 0.25) is 0 Å². The van der Waals surface area contributed by atoms with Crippen molar-refractivity contribution in [3.05, 3.63) is 59.2 Å². The minimum atomic E-state index is 0.0120. The first-order valence-electron chi connectivity index (χ1n) is 7.42. The first-order chi connectivity index (χ1) is 9.77. The topological polar surface area (TPSA) is 35.2 Å². The van der Waals surface area contributed by atoms with Crippen LogP contribution in [-0.4, -0.2) is 0 Å². The van der Waals surface area contributed by atoms with Crippen LogP contribution in [0.4, 0.5) is 0 Å². The minimum Gasteiger partial charge on any atom is -0.457 e. The third kappa shape index (κ3) is 3.85. The summed E-state index contributed by atoms with van der Waals surface area (Å²) in [6.07, 6.45) is 0. The van der Waals surface area contributed by atoms with Crippen molar-refractivity contribution >= 4 is 0 Å². The van der Waals surface area contributed by atoms with Crippen LogP contribution < -0.4 is 10.5 Å². The molecule has 2 aromatic rings. The summed E-state index contributed by atoms with van der Waals surface area (Å²) < 4.78 is 6.01. The van der Waals surface area contributed by atoms with Crippen molar-refractivity contribution in [2.24, 2.45) is 5.73 Å². The van der Waals surface area contributed by atoms with Gasteiger partial charge in [-0.2, -0.15) is 0 Å². The van der Waals surface area contributed by atoms with E-state index >= 15 is 0 Å². The molecule has 1 atom stereocenters. The molecule has 0 saturated carbocycles. The number of hydrogen-bond acceptors (Lipinski definition) is 2. The average Bonchev–Trinajstić information content (AvgIpc) is 2.40. The van der Waals surface area contributed by atoms with Crippen molar-refractivity contribution in [3.63, 3.8) is 0 Å². The summed E-state index contributed by atoms with van der Waals surface area (Å²) in [4.78, 5) is 0. The van der Waals surface area contributed by atoms with Gasteiger partial charge in [-0.05, 0) is 54.2 Å². The van der Waals surface area contributed by atoms with Gasteiger partial charge in [0, 0.05) is 6.04 Å². The van der Waals surface area contributed by atoms with E-state index < -0.39 is 0 Å². The average molecular weight is 283 g/mol. The first kappa shape index (κ1) is 15.6. The largest absolute Gasteiger partial charge is 0.457 e. The molecule has 21 heavy (non-hydrogen) atoms. The van der Waals surface area contributed by atoms with E-state index in [1.807, 2.05) is 31.2 Å². The standard InChI is InChI=1S/C19H25NO/c1-13-11-16(19(3,4)5)9-10-18(13)21-17-8-6-7-15(12-17)14(2)20/h6-12,14H,20H2,1-5H3. The SMILES string of the molecule is Cc1cc(C(C)(C)C)ccc1Oc1cccc(C(C)N)c1. The molecule has 0 radical (unpaired) electrons. The van der Waals surface area contributed by atoms with Crippen molar-refractivity contribution in [3.8, 4) is 11.5 Å². The fourth-order valence-electron chi connectivity index (χ4n) is 2.22. The van der Waals surface area contributed by atoms with Crippen molar-refractivity contribution in [1.82, 2.24) is 0 Å². The summed E-state index contributed by atoms with van der Waals surface area (Å²) in [5, 5.41) is 0. The number of ether oxygens (including phenoxy) is 1. The molecule has 1 unspecified atom stereocenters. The zero-order chi connectivity index (χ0) is 15.6. The Hall–Kier alpha value is -1.80. The maximum Gasteiger partial charge on any atom is 0.130 e. The van der Waals surface area contributed by atoms with Crippen molar-refractivity contribution in [2.75, 3.05) is 0 Å². The predicted molar refractivity (Wildman–Crippen MR) is 89.0 cm³/mol. The maximum absolute atomic E-state index is 6.01. The Morgan fingerprint density at radius 3 is 2.33 bits per heavy atom. The Bertz CT molecular complexity index is 624. The van der Waals surface area contributed by atoms with Gasteiger partial charge in [-0.25, -0.2) is 0 Å². The molecule has 0 bridgehead atoms. The summed E-state index contributed by atoms with van der Waals surface area (Å²) in [6.45, 7) is 10.7. The van der Waals surface area contributed by atoms with E-state index in [1.165, 1.54) is 5.56 Å². The first-order valence-corrected chi connectivity index (χ1v) is 7.42. The van der Waals surface area contributed by atoms with Crippen molar-refractivity contribution < 1.29 is 4.74 Å². The van der Waals surface area contributed by atoms with E-state index in [-0.39, 0.29) is 11.5 Å². The van der Waals surface area contributed by atoms with E-state index in [0.717, 1.165) is 22.6 Å². The Labute approximate surface area is 127 Å². The molecule has 0 fully saturated rings. The summed E-state index contributed by atoms with van der Waals surface area (Å²) in [6, 6.07) is 14.4. The summed E-state index contributed by atoms with van der Waals surface area (Å²) in [5.41, 5.74) is 9.61. The fraction of sp³-hybridized carbons (Fsp3) is 0.368. The van der Waals surface area contributed by atoms with Gasteiger partial charge in [0.05, 0.1) is 0 Å². The summed E-state index contributed by atoms with van der Waals surface area (Å²) in [7, 11) is 0. The highest BCUT2D eigenvalue weighted by molar-refractivity contribution is 5.42. The fourth-order valence-corrected chi connectivity index (χ4v) is 2.22. The quantitative estimate of drug-likeness (QED) is 0.850. The highest BCUT2D eigenvalue weighted by Gasteiger charge is 2.15. The Morgan fingerprint density at radius 2 is 1.76 bits per heavy atom. The van der Waals surface area contributed by atoms with E-state index in [4.69, 9.17) is 10.5 Å². The molecule has 2 heteroatoms. The predicted octanol–water partition coefficient (Wildman–Crippen LogP) is 5.10. The van der Waals surface area contributed by atoms with Gasteiger partial charge in [0.2, 0.25) is 0 Å². The van der Waals surface area contributed by atoms with E-state index in [2.05, 4.69) is 45.9 Å². The number of hydrogen-bond donors (Lipinski definition) is 1. The van der Waals surface area contributed by atoms with E-state index in [0.29, 0.717) is 0 Å². The van der Waals surface area contributed by atoms with Gasteiger partial charge >= 0.3 is 0 Å². The lowest BCUT2D eigenvalue weighted by Gasteiger charge is -2.20. The second kappa shape index (κ2) is 5.90. The van der Waals surface area contributed by atoms with Gasteiger partial charge in [-0.3, -0.25) is 0 Å². The lowest BCUT2D eigenvalue weighted by molar-refractivity contribution is 0.476. The Kier molecular flexibility index (Phi) is 4.38. The van der Waals surface area contributed by atoms with Gasteiger partial charge in [0.15, 0.2) is 0 Å². The third-order valence-corrected chi connectivity index (χ3v) is 3.65. The molecule has 0 spiro atoms. The highest BCUT2D eigenvalue weighted by atomic mass is 16.5. The summed E-state index contributed by atoms with van der Waals surface area (Å²) >= 11 is 0. The Balaban J connectivity index is 2.26. The third-order valence-electron chi connectivity index (χ3n) is 3.65. The van der Waals surface area contributed by atoms with Gasteiger partial charge in [0.25, 0.3) is 0 Å². The van der Waals surface area contributed by atoms with Crippen LogP contribution in [0.1, 0.15) is 50.4 Å². The summed E-state index contributed by atoms with van der Waals surface area (Å²) in [5.74, 6) is 1.72. The molecule has 2 nitrogen and oxygen atoms in total. The molecule has 2 N–H and O–H groups in total. The number of benzene rings is 2. The van der Waals surface area contributed by atoms with Crippen LogP contribution in [0.3, 0.4) is 0 Å². The maximum atomic E-state index is 6.01. The molecule has 2 aromatic carbocycles. The van der Waals surface area contributed by atoms with Gasteiger partial charge in [-0.15, -0.1) is 0 Å². The molecule has 0 saturated heterocycles. The lowest BCUT2D eigenvalue weighted by Crippen LogP contribution is -2.11. The second-order valence-corrected chi connectivity index (χ2v) is 6.69. The van der Waals surface area contributed by atoms with E-state index in [9.17, 15) is 0 Å². The van der Waals surface area contributed by atoms with Crippen LogP contribution in [0.5, 0.6) is 11.5 Å². The van der Waals surface area contributed by atoms with Crippen LogP contribution in [-0.2, 0) is 5.41 Å². The molecular formula is C19H25NO. The molecule has 0 aromatic heterocycles. The molecule has 0 aliphatic heterocycles. The number of nitrogens with two attached hydrogens (primary N) is 1. The van der Waals surface area contributed by atoms with E-state index in [1.54, 1.807) is 0 Å². The number of aryl methyl sites for hydroxylation is 1. The van der Waals surface area contributed by atoms with Gasteiger partial charge in [-0.1, -0.05) is 45.0 Å². The molecule has 112 valence electrons. The van der Waals surface area contributed by atoms with Crippen LogP contribution in [0.25, 0.3) is 0 Å². The normalized spacial score (nSPS) is 13.0. The molecule has 0 aliphatic carbocycles.